The molecular weight excluding hydrogens is 380 g/mol. The molecule has 0 fully saturated rings. The zero-order chi connectivity index (χ0) is 21.3. The largest absolute Gasteiger partial charge is 0.487 e. The monoisotopic (exact) mass is 406 g/mol. The lowest BCUT2D eigenvalue weighted by Gasteiger charge is -2.20. The maximum atomic E-state index is 12.6. The lowest BCUT2D eigenvalue weighted by atomic mass is 9.98. The van der Waals surface area contributed by atoms with E-state index in [0.717, 1.165) is 27.9 Å². The van der Waals surface area contributed by atoms with Crippen LogP contribution in [-0.2, 0) is 32.2 Å². The summed E-state index contributed by atoms with van der Waals surface area (Å²) in [6.45, 7) is 7.13. The number of benzene rings is 2. The third-order valence-electron chi connectivity index (χ3n) is 5.42. The van der Waals surface area contributed by atoms with Gasteiger partial charge in [0.05, 0.1) is 12.2 Å². The Balaban J connectivity index is 1.56. The van der Waals surface area contributed by atoms with Crippen molar-refractivity contribution in [3.8, 4) is 0 Å². The zero-order valence-electron chi connectivity index (χ0n) is 17.5. The maximum Gasteiger partial charge on any atom is 0.323 e. The van der Waals surface area contributed by atoms with Gasteiger partial charge in [0.15, 0.2) is 0 Å². The molecule has 4 rings (SSSR count). The van der Waals surface area contributed by atoms with Crippen LogP contribution in [0.15, 0.2) is 42.5 Å². The minimum Gasteiger partial charge on any atom is -0.487 e. The van der Waals surface area contributed by atoms with E-state index in [1.54, 1.807) is 0 Å². The number of ether oxygens (including phenoxy) is 2. The number of amides is 1. The summed E-state index contributed by atoms with van der Waals surface area (Å²) in [5.41, 5.74) is 5.27. The third-order valence-corrected chi connectivity index (χ3v) is 5.42. The van der Waals surface area contributed by atoms with Crippen LogP contribution in [0, 0.1) is 5.92 Å². The lowest BCUT2D eigenvalue weighted by molar-refractivity contribution is -0.146. The Hall–Kier alpha value is -3.12. The predicted molar refractivity (Wildman–Crippen MR) is 115 cm³/mol. The molecule has 2 aliphatic rings. The van der Waals surface area contributed by atoms with Crippen LogP contribution in [-0.4, -0.2) is 24.5 Å². The molecule has 1 amide bonds. The van der Waals surface area contributed by atoms with Gasteiger partial charge in [-0.2, -0.15) is 0 Å². The first-order valence-electron chi connectivity index (χ1n) is 10.3. The Kier molecular flexibility index (Phi) is 5.59. The molecule has 0 aromatic heterocycles. The fourth-order valence-electron chi connectivity index (χ4n) is 3.93. The number of fused-ring (bicyclic) bond motifs is 2. The average Bonchev–Trinajstić information content (AvgIpc) is 3.27. The number of anilines is 1. The van der Waals surface area contributed by atoms with Gasteiger partial charge in [-0.05, 0) is 24.5 Å². The quantitative estimate of drug-likeness (QED) is 0.565. The highest BCUT2D eigenvalue weighted by Crippen LogP contribution is 2.41. The molecule has 2 N–H and O–H groups in total. The number of esters is 1. The third kappa shape index (κ3) is 3.71. The summed E-state index contributed by atoms with van der Waals surface area (Å²) in [5, 5.41) is 6.21. The minimum absolute atomic E-state index is 0.124. The number of carbonyl (C=O) groups excluding carboxylic acids is 2. The fraction of sp³-hybridized carbons (Fsp3) is 0.333. The van der Waals surface area contributed by atoms with Crippen molar-refractivity contribution in [1.82, 2.24) is 5.32 Å². The maximum absolute atomic E-state index is 12.6. The van der Waals surface area contributed by atoms with Crippen LogP contribution >= 0.6 is 0 Å². The molecule has 0 radical (unpaired) electrons. The van der Waals surface area contributed by atoms with Gasteiger partial charge in [-0.1, -0.05) is 50.2 Å². The van der Waals surface area contributed by atoms with E-state index in [1.165, 1.54) is 0 Å². The molecule has 2 heterocycles. The summed E-state index contributed by atoms with van der Waals surface area (Å²) in [6.07, 6.45) is 0. The number of rotatable bonds is 6. The second-order valence-corrected chi connectivity index (χ2v) is 7.84. The molecule has 0 spiro atoms. The molecule has 6 heteroatoms. The zero-order valence-corrected chi connectivity index (χ0v) is 17.5. The summed E-state index contributed by atoms with van der Waals surface area (Å²) in [7, 11) is 0. The van der Waals surface area contributed by atoms with Crippen molar-refractivity contribution in [3.05, 3.63) is 64.7 Å². The highest BCUT2D eigenvalue weighted by Gasteiger charge is 2.32. The van der Waals surface area contributed by atoms with Gasteiger partial charge >= 0.3 is 5.97 Å². The molecule has 0 saturated heterocycles. The summed E-state index contributed by atoms with van der Waals surface area (Å²) >= 11 is 0. The number of hydrogen-bond donors (Lipinski definition) is 2. The number of para-hydroxylation sites is 1. The van der Waals surface area contributed by atoms with Crippen molar-refractivity contribution >= 4 is 28.9 Å². The van der Waals surface area contributed by atoms with Crippen molar-refractivity contribution in [1.29, 1.82) is 0 Å². The molecule has 6 nitrogen and oxygen atoms in total. The van der Waals surface area contributed by atoms with Crippen molar-refractivity contribution < 1.29 is 19.1 Å². The van der Waals surface area contributed by atoms with Gasteiger partial charge < -0.3 is 20.1 Å². The summed E-state index contributed by atoms with van der Waals surface area (Å²) < 4.78 is 11.1. The molecule has 0 aliphatic carbocycles. The van der Waals surface area contributed by atoms with Crippen molar-refractivity contribution in [3.63, 3.8) is 0 Å². The van der Waals surface area contributed by atoms with Gasteiger partial charge in [-0.25, -0.2) is 0 Å². The Morgan fingerprint density at radius 2 is 2.00 bits per heavy atom. The van der Waals surface area contributed by atoms with E-state index in [0.29, 0.717) is 31.1 Å². The van der Waals surface area contributed by atoms with Crippen LogP contribution in [0.4, 0.5) is 5.69 Å². The molecule has 0 unspecified atom stereocenters. The van der Waals surface area contributed by atoms with E-state index < -0.39 is 0 Å². The lowest BCUT2D eigenvalue weighted by Crippen LogP contribution is -2.41. The molecule has 156 valence electrons. The van der Waals surface area contributed by atoms with E-state index >= 15 is 0 Å². The number of nitrogens with one attached hydrogen (secondary N) is 2. The molecule has 0 saturated carbocycles. The van der Waals surface area contributed by atoms with Gasteiger partial charge in [-0.15, -0.1) is 0 Å². The van der Waals surface area contributed by atoms with E-state index in [4.69, 9.17) is 9.47 Å². The minimum atomic E-state index is -0.356. The smallest absolute Gasteiger partial charge is 0.323 e. The predicted octanol–water partition coefficient (Wildman–Crippen LogP) is 3.71. The first kappa shape index (κ1) is 20.2. The van der Waals surface area contributed by atoms with Crippen molar-refractivity contribution in [2.75, 3.05) is 11.9 Å². The van der Waals surface area contributed by atoms with Gasteiger partial charge in [0.25, 0.3) is 5.91 Å². The number of hydrogen-bond acceptors (Lipinski definition) is 5. The first-order valence-corrected chi connectivity index (χ1v) is 10.3. The van der Waals surface area contributed by atoms with Gasteiger partial charge in [0.2, 0.25) is 0 Å². The summed E-state index contributed by atoms with van der Waals surface area (Å²) in [5.74, 6) is 0.381. The molecule has 2 aliphatic heterocycles. The summed E-state index contributed by atoms with van der Waals surface area (Å²) in [4.78, 5) is 24.7. The molecule has 2 aromatic carbocycles. The van der Waals surface area contributed by atoms with Gasteiger partial charge in [-0.3, -0.25) is 9.59 Å². The van der Waals surface area contributed by atoms with Gasteiger partial charge in [0.1, 0.15) is 18.4 Å². The van der Waals surface area contributed by atoms with Gasteiger partial charge in [0, 0.05) is 28.9 Å². The van der Waals surface area contributed by atoms with Crippen LogP contribution in [0.5, 0.6) is 0 Å². The topological polar surface area (TPSA) is 76.7 Å². The Bertz CT molecular complexity index is 1030. The van der Waals surface area contributed by atoms with E-state index in [1.807, 2.05) is 57.2 Å². The van der Waals surface area contributed by atoms with E-state index in [9.17, 15) is 9.59 Å². The average molecular weight is 406 g/mol. The Labute approximate surface area is 176 Å². The molecular formula is C24H26N2O4. The molecule has 2 aromatic rings. The van der Waals surface area contributed by atoms with Crippen molar-refractivity contribution in [2.45, 2.75) is 40.0 Å². The Morgan fingerprint density at radius 1 is 1.20 bits per heavy atom. The Morgan fingerprint density at radius 3 is 2.77 bits per heavy atom. The molecule has 30 heavy (non-hydrogen) atoms. The highest BCUT2D eigenvalue weighted by atomic mass is 16.5. The second-order valence-electron chi connectivity index (χ2n) is 7.84. The van der Waals surface area contributed by atoms with Crippen LogP contribution in [0.25, 0.3) is 11.3 Å². The van der Waals surface area contributed by atoms with E-state index in [-0.39, 0.29) is 23.8 Å². The second kappa shape index (κ2) is 8.32. The SMILES string of the molecule is CCOC(=O)[C@@H](NCc1ccc2c(c1)CO/C2=C1/C(=O)Nc2ccccc21)C(C)C. The normalized spacial score (nSPS) is 17.9. The van der Waals surface area contributed by atoms with Crippen LogP contribution in [0.1, 0.15) is 43.0 Å². The first-order chi connectivity index (χ1) is 14.5. The van der Waals surface area contributed by atoms with Crippen molar-refractivity contribution in [2.24, 2.45) is 5.92 Å². The standard InChI is InChI=1S/C24H26N2O4/c1-4-29-24(28)21(14(2)3)25-12-15-9-10-17-16(11-15)13-30-22(17)20-18-7-5-6-8-19(18)26-23(20)27/h5-11,14,21,25H,4,12-13H2,1-3H3,(H,26,27)/b22-20+/t21-/m0/s1. The summed E-state index contributed by atoms with van der Waals surface area (Å²) in [6, 6.07) is 13.3. The van der Waals surface area contributed by atoms with Crippen LogP contribution in [0.3, 0.4) is 0 Å². The number of carbonyl (C=O) groups is 2. The highest BCUT2D eigenvalue weighted by molar-refractivity contribution is 6.36. The van der Waals surface area contributed by atoms with E-state index in [2.05, 4.69) is 16.7 Å². The molecule has 0 bridgehead atoms. The van der Waals surface area contributed by atoms with Crippen LogP contribution < -0.4 is 10.6 Å². The van der Waals surface area contributed by atoms with Crippen LogP contribution in [0.2, 0.25) is 0 Å². The molecule has 1 atom stereocenters. The fourth-order valence-corrected chi connectivity index (χ4v) is 3.93.